The smallest absolute Gasteiger partial charge is 0.227 e. The van der Waals surface area contributed by atoms with Crippen molar-refractivity contribution >= 4 is 16.9 Å². The number of likely N-dealkylation sites (N-methyl/N-ethyl adjacent to an activating group) is 1. The zero-order valence-corrected chi connectivity index (χ0v) is 13.7. The molecule has 0 saturated carbocycles. The van der Waals surface area contributed by atoms with Crippen molar-refractivity contribution in [3.8, 4) is 0 Å². The van der Waals surface area contributed by atoms with Crippen LogP contribution in [0.3, 0.4) is 0 Å². The van der Waals surface area contributed by atoms with Crippen molar-refractivity contribution in [1.82, 2.24) is 9.88 Å². The van der Waals surface area contributed by atoms with Crippen molar-refractivity contribution in [1.29, 1.82) is 0 Å². The van der Waals surface area contributed by atoms with E-state index in [0.29, 0.717) is 13.0 Å². The lowest BCUT2D eigenvalue weighted by Gasteiger charge is -2.16. The fourth-order valence-corrected chi connectivity index (χ4v) is 2.67. The third-order valence-corrected chi connectivity index (χ3v) is 4.28. The molecule has 0 bridgehead atoms. The Balaban J connectivity index is 1.76. The van der Waals surface area contributed by atoms with Gasteiger partial charge in [0.15, 0.2) is 0 Å². The molecule has 23 heavy (non-hydrogen) atoms. The number of hydrogen-bond acceptors (Lipinski definition) is 3. The zero-order valence-electron chi connectivity index (χ0n) is 13.7. The molecule has 3 rings (SSSR count). The lowest BCUT2D eigenvalue weighted by atomic mass is 10.0. The molecule has 1 amide bonds. The van der Waals surface area contributed by atoms with Crippen molar-refractivity contribution < 1.29 is 9.21 Å². The minimum atomic E-state index is 0.0720. The Morgan fingerprint density at radius 2 is 1.91 bits per heavy atom. The number of benzene rings is 1. The second-order valence-electron chi connectivity index (χ2n) is 5.93. The first-order chi connectivity index (χ1) is 11.1. The van der Waals surface area contributed by atoms with E-state index in [4.69, 9.17) is 4.42 Å². The van der Waals surface area contributed by atoms with Crippen LogP contribution >= 0.6 is 0 Å². The number of aryl methyl sites for hydroxylation is 2. The molecule has 0 atom stereocenters. The Morgan fingerprint density at radius 3 is 2.65 bits per heavy atom. The van der Waals surface area contributed by atoms with E-state index in [1.807, 2.05) is 32.2 Å². The number of carbonyl (C=O) groups excluding carboxylic acids is 1. The van der Waals surface area contributed by atoms with Crippen molar-refractivity contribution in [2.75, 3.05) is 7.05 Å². The van der Waals surface area contributed by atoms with Gasteiger partial charge in [0, 0.05) is 36.9 Å². The molecule has 0 saturated heterocycles. The monoisotopic (exact) mass is 308 g/mol. The van der Waals surface area contributed by atoms with Crippen LogP contribution in [0.1, 0.15) is 22.3 Å². The average Bonchev–Trinajstić information content (AvgIpc) is 2.95. The van der Waals surface area contributed by atoms with Crippen LogP contribution in [0, 0.1) is 13.8 Å². The van der Waals surface area contributed by atoms with Crippen LogP contribution in [0.5, 0.6) is 0 Å². The first-order valence-electron chi connectivity index (χ1n) is 7.65. The van der Waals surface area contributed by atoms with Crippen molar-refractivity contribution in [3.63, 3.8) is 0 Å². The van der Waals surface area contributed by atoms with Gasteiger partial charge < -0.3 is 9.32 Å². The SMILES string of the molecule is Cc1ccc2c(CC(=O)N(C)Cc3ccncc3)coc2c1C. The van der Waals surface area contributed by atoms with Gasteiger partial charge in [-0.25, -0.2) is 0 Å². The molecule has 0 fully saturated rings. The number of fused-ring (bicyclic) bond motifs is 1. The minimum Gasteiger partial charge on any atom is -0.464 e. The predicted octanol–water partition coefficient (Wildman–Crippen LogP) is 3.65. The lowest BCUT2D eigenvalue weighted by molar-refractivity contribution is -0.129. The molecule has 0 aliphatic carbocycles. The molecule has 118 valence electrons. The van der Waals surface area contributed by atoms with Crippen molar-refractivity contribution in [2.45, 2.75) is 26.8 Å². The largest absolute Gasteiger partial charge is 0.464 e. The highest BCUT2D eigenvalue weighted by Crippen LogP contribution is 2.27. The molecule has 0 spiro atoms. The highest BCUT2D eigenvalue weighted by Gasteiger charge is 2.15. The Bertz CT molecular complexity index is 837. The van der Waals surface area contributed by atoms with Gasteiger partial charge in [-0.05, 0) is 42.7 Å². The molecule has 4 heteroatoms. The number of hydrogen-bond donors (Lipinski definition) is 0. The van der Waals surface area contributed by atoms with E-state index in [9.17, 15) is 4.79 Å². The Kier molecular flexibility index (Phi) is 4.15. The Morgan fingerprint density at radius 1 is 1.17 bits per heavy atom. The van der Waals surface area contributed by atoms with Gasteiger partial charge in [-0.15, -0.1) is 0 Å². The van der Waals surface area contributed by atoms with E-state index < -0.39 is 0 Å². The van der Waals surface area contributed by atoms with Crippen LogP contribution in [0.4, 0.5) is 0 Å². The third kappa shape index (κ3) is 3.11. The number of amides is 1. The van der Waals surface area contributed by atoms with Crippen LogP contribution in [0.25, 0.3) is 11.0 Å². The Hall–Kier alpha value is -2.62. The first kappa shape index (κ1) is 15.3. The molecule has 1 aromatic carbocycles. The summed E-state index contributed by atoms with van der Waals surface area (Å²) in [6.45, 7) is 4.68. The number of carbonyl (C=O) groups is 1. The number of furan rings is 1. The van der Waals surface area contributed by atoms with E-state index in [-0.39, 0.29) is 5.91 Å². The molecular weight excluding hydrogens is 288 g/mol. The normalized spacial score (nSPS) is 10.9. The van der Waals surface area contributed by atoms with Crippen LogP contribution in [-0.4, -0.2) is 22.8 Å². The van der Waals surface area contributed by atoms with Gasteiger partial charge in [-0.3, -0.25) is 9.78 Å². The number of aromatic nitrogens is 1. The van der Waals surface area contributed by atoms with Gasteiger partial charge in [0.1, 0.15) is 5.58 Å². The summed E-state index contributed by atoms with van der Waals surface area (Å²) in [6, 6.07) is 7.95. The molecule has 2 heterocycles. The first-order valence-corrected chi connectivity index (χ1v) is 7.65. The maximum absolute atomic E-state index is 12.5. The van der Waals surface area contributed by atoms with E-state index in [0.717, 1.165) is 27.7 Å². The number of pyridine rings is 1. The topological polar surface area (TPSA) is 46.3 Å². The molecule has 0 aliphatic heterocycles. The van der Waals surface area contributed by atoms with Crippen LogP contribution in [0.15, 0.2) is 47.3 Å². The minimum absolute atomic E-state index is 0.0720. The number of rotatable bonds is 4. The summed E-state index contributed by atoms with van der Waals surface area (Å²) in [6.07, 6.45) is 5.52. The summed E-state index contributed by atoms with van der Waals surface area (Å²) in [4.78, 5) is 18.2. The molecule has 0 N–H and O–H groups in total. The maximum Gasteiger partial charge on any atom is 0.227 e. The number of nitrogens with zero attached hydrogens (tertiary/aromatic N) is 2. The summed E-state index contributed by atoms with van der Waals surface area (Å²) >= 11 is 0. The van der Waals surface area contributed by atoms with Crippen molar-refractivity contribution in [2.24, 2.45) is 0 Å². The van der Waals surface area contributed by atoms with Crippen LogP contribution in [-0.2, 0) is 17.8 Å². The fourth-order valence-electron chi connectivity index (χ4n) is 2.67. The van der Waals surface area contributed by atoms with E-state index >= 15 is 0 Å². The molecule has 2 aromatic heterocycles. The molecule has 0 radical (unpaired) electrons. The van der Waals surface area contributed by atoms with Gasteiger partial charge in [-0.1, -0.05) is 12.1 Å². The Labute approximate surface area is 135 Å². The summed E-state index contributed by atoms with van der Waals surface area (Å²) in [5, 5.41) is 1.03. The summed E-state index contributed by atoms with van der Waals surface area (Å²) in [5.74, 6) is 0.0720. The van der Waals surface area contributed by atoms with Gasteiger partial charge in [-0.2, -0.15) is 0 Å². The van der Waals surface area contributed by atoms with E-state index in [2.05, 4.69) is 18.0 Å². The molecule has 4 nitrogen and oxygen atoms in total. The highest BCUT2D eigenvalue weighted by atomic mass is 16.3. The van der Waals surface area contributed by atoms with Gasteiger partial charge in [0.05, 0.1) is 12.7 Å². The van der Waals surface area contributed by atoms with Gasteiger partial charge in [0.25, 0.3) is 0 Å². The van der Waals surface area contributed by atoms with Crippen LogP contribution < -0.4 is 0 Å². The second kappa shape index (κ2) is 6.24. The van der Waals surface area contributed by atoms with E-state index in [1.165, 1.54) is 5.56 Å². The highest BCUT2D eigenvalue weighted by molar-refractivity contribution is 5.89. The molecule has 0 unspecified atom stereocenters. The maximum atomic E-state index is 12.5. The summed E-state index contributed by atoms with van der Waals surface area (Å²) < 4.78 is 5.68. The third-order valence-electron chi connectivity index (χ3n) is 4.28. The average molecular weight is 308 g/mol. The summed E-state index contributed by atoms with van der Waals surface area (Å²) in [5.41, 5.74) is 5.21. The summed E-state index contributed by atoms with van der Waals surface area (Å²) in [7, 11) is 1.82. The van der Waals surface area contributed by atoms with Crippen LogP contribution in [0.2, 0.25) is 0 Å². The zero-order chi connectivity index (χ0) is 16.4. The fraction of sp³-hybridized carbons (Fsp3) is 0.263. The molecule has 0 aliphatic rings. The lowest BCUT2D eigenvalue weighted by Crippen LogP contribution is -2.27. The van der Waals surface area contributed by atoms with Gasteiger partial charge >= 0.3 is 0 Å². The quantitative estimate of drug-likeness (QED) is 0.739. The molecular formula is C19H20N2O2. The predicted molar refractivity (Wildman–Crippen MR) is 90.1 cm³/mol. The standard InChI is InChI=1S/C19H20N2O2/c1-13-4-5-17-16(12-23-19(17)14(13)2)10-18(22)21(3)11-15-6-8-20-9-7-15/h4-9,12H,10-11H2,1-3H3. The van der Waals surface area contributed by atoms with E-state index in [1.54, 1.807) is 23.6 Å². The second-order valence-corrected chi connectivity index (χ2v) is 5.93. The van der Waals surface area contributed by atoms with Gasteiger partial charge in [0.2, 0.25) is 5.91 Å². The van der Waals surface area contributed by atoms with Crippen molar-refractivity contribution in [3.05, 3.63) is 65.2 Å². The molecule has 3 aromatic rings.